The van der Waals surface area contributed by atoms with Crippen molar-refractivity contribution in [3.63, 3.8) is 0 Å². The van der Waals surface area contributed by atoms with Crippen LogP contribution in [0.1, 0.15) is 25.3 Å². The Hall–Kier alpha value is -1.97. The summed E-state index contributed by atoms with van der Waals surface area (Å²) in [6.45, 7) is 3.85. The molecule has 1 saturated heterocycles. The number of benzene rings is 1. The molecule has 4 nitrogen and oxygen atoms in total. The highest BCUT2D eigenvalue weighted by atomic mass is 16.5. The van der Waals surface area contributed by atoms with Crippen molar-refractivity contribution in [2.24, 2.45) is 0 Å². The molecule has 0 aromatic heterocycles. The highest BCUT2D eigenvalue weighted by molar-refractivity contribution is 5.83. The first-order chi connectivity index (χ1) is 9.67. The summed E-state index contributed by atoms with van der Waals surface area (Å²) in [5.41, 5.74) is 2.10. The van der Waals surface area contributed by atoms with Gasteiger partial charge in [-0.2, -0.15) is 0 Å². The minimum Gasteiger partial charge on any atom is -0.493 e. The lowest BCUT2D eigenvalue weighted by molar-refractivity contribution is -0.120. The SMILES string of the molecule is CCN1CCC(=O)CC1=Cc1ccc(OC)c(OC)c1. The second-order valence-electron chi connectivity index (χ2n) is 4.80. The Kier molecular flexibility index (Phi) is 4.66. The van der Waals surface area contributed by atoms with Gasteiger partial charge in [0, 0.05) is 31.6 Å². The number of allylic oxidation sites excluding steroid dienone is 1. The van der Waals surface area contributed by atoms with Crippen LogP contribution >= 0.6 is 0 Å². The Morgan fingerprint density at radius 2 is 2.00 bits per heavy atom. The van der Waals surface area contributed by atoms with E-state index in [1.54, 1.807) is 14.2 Å². The zero-order valence-corrected chi connectivity index (χ0v) is 12.3. The molecule has 2 rings (SSSR count). The van der Waals surface area contributed by atoms with E-state index in [2.05, 4.69) is 17.9 Å². The summed E-state index contributed by atoms with van der Waals surface area (Å²) in [5, 5.41) is 0. The molecule has 0 unspecified atom stereocenters. The maximum Gasteiger partial charge on any atom is 0.161 e. The molecule has 1 aromatic rings. The third kappa shape index (κ3) is 3.13. The molecule has 1 fully saturated rings. The molecule has 0 saturated carbocycles. The number of Topliss-reactive ketones (excluding diaryl/α,β-unsaturated/α-hetero) is 1. The van der Waals surface area contributed by atoms with Gasteiger partial charge in [0.2, 0.25) is 0 Å². The monoisotopic (exact) mass is 275 g/mol. The number of ketones is 1. The molecule has 20 heavy (non-hydrogen) atoms. The normalized spacial score (nSPS) is 17.4. The highest BCUT2D eigenvalue weighted by Gasteiger charge is 2.19. The first-order valence-corrected chi connectivity index (χ1v) is 6.87. The van der Waals surface area contributed by atoms with Gasteiger partial charge in [0.1, 0.15) is 5.78 Å². The quantitative estimate of drug-likeness (QED) is 0.847. The van der Waals surface area contributed by atoms with E-state index in [0.717, 1.165) is 24.4 Å². The fraction of sp³-hybridized carbons (Fsp3) is 0.438. The van der Waals surface area contributed by atoms with Crippen molar-refractivity contribution in [2.75, 3.05) is 27.3 Å². The van der Waals surface area contributed by atoms with Crippen LogP contribution in [0.15, 0.2) is 23.9 Å². The number of hydrogen-bond acceptors (Lipinski definition) is 4. The average Bonchev–Trinajstić information content (AvgIpc) is 2.47. The molecular formula is C16H21NO3. The van der Waals surface area contributed by atoms with Crippen LogP contribution in [-0.2, 0) is 4.79 Å². The molecule has 1 heterocycles. The minimum atomic E-state index is 0.307. The van der Waals surface area contributed by atoms with Crippen LogP contribution in [0, 0.1) is 0 Å². The molecule has 1 aliphatic heterocycles. The molecule has 0 amide bonds. The molecule has 0 spiro atoms. The highest BCUT2D eigenvalue weighted by Crippen LogP contribution is 2.29. The van der Waals surface area contributed by atoms with Gasteiger partial charge in [0.15, 0.2) is 11.5 Å². The Bertz CT molecular complexity index is 522. The van der Waals surface area contributed by atoms with Crippen LogP contribution in [0.3, 0.4) is 0 Å². The first-order valence-electron chi connectivity index (χ1n) is 6.87. The van der Waals surface area contributed by atoms with Crippen molar-refractivity contribution in [1.29, 1.82) is 0 Å². The van der Waals surface area contributed by atoms with Crippen molar-refractivity contribution in [3.05, 3.63) is 29.5 Å². The van der Waals surface area contributed by atoms with Gasteiger partial charge in [-0.25, -0.2) is 0 Å². The second-order valence-corrected chi connectivity index (χ2v) is 4.80. The maximum atomic E-state index is 11.6. The van der Waals surface area contributed by atoms with E-state index in [9.17, 15) is 4.79 Å². The summed E-state index contributed by atoms with van der Waals surface area (Å²) in [7, 11) is 3.24. The zero-order valence-electron chi connectivity index (χ0n) is 12.3. The zero-order chi connectivity index (χ0) is 14.5. The van der Waals surface area contributed by atoms with Gasteiger partial charge in [0.05, 0.1) is 14.2 Å². The largest absolute Gasteiger partial charge is 0.493 e. The van der Waals surface area contributed by atoms with E-state index in [1.165, 1.54) is 0 Å². The van der Waals surface area contributed by atoms with E-state index >= 15 is 0 Å². The molecule has 4 heteroatoms. The number of ether oxygens (including phenoxy) is 2. The maximum absolute atomic E-state index is 11.6. The number of rotatable bonds is 4. The molecule has 0 radical (unpaired) electrons. The van der Waals surface area contributed by atoms with Gasteiger partial charge in [-0.05, 0) is 30.7 Å². The third-order valence-corrected chi connectivity index (χ3v) is 3.57. The van der Waals surface area contributed by atoms with E-state index < -0.39 is 0 Å². The van der Waals surface area contributed by atoms with Gasteiger partial charge in [-0.15, -0.1) is 0 Å². The number of methoxy groups -OCH3 is 2. The van der Waals surface area contributed by atoms with Crippen LogP contribution in [0.25, 0.3) is 6.08 Å². The minimum absolute atomic E-state index is 0.307. The van der Waals surface area contributed by atoms with E-state index in [4.69, 9.17) is 9.47 Å². The Morgan fingerprint density at radius 1 is 1.25 bits per heavy atom. The summed E-state index contributed by atoms with van der Waals surface area (Å²) in [4.78, 5) is 13.9. The van der Waals surface area contributed by atoms with Crippen LogP contribution in [0.2, 0.25) is 0 Å². The lowest BCUT2D eigenvalue weighted by atomic mass is 10.0. The van der Waals surface area contributed by atoms with Crippen molar-refractivity contribution >= 4 is 11.9 Å². The third-order valence-electron chi connectivity index (χ3n) is 3.57. The summed E-state index contributed by atoms with van der Waals surface area (Å²) in [6.07, 6.45) is 3.22. The summed E-state index contributed by atoms with van der Waals surface area (Å²) in [5.74, 6) is 1.72. The fourth-order valence-corrected chi connectivity index (χ4v) is 2.44. The van der Waals surface area contributed by atoms with E-state index in [1.807, 2.05) is 18.2 Å². The molecule has 0 aliphatic carbocycles. The van der Waals surface area contributed by atoms with Gasteiger partial charge in [0.25, 0.3) is 0 Å². The summed E-state index contributed by atoms with van der Waals surface area (Å²) in [6, 6.07) is 5.78. The van der Waals surface area contributed by atoms with Crippen LogP contribution in [0.5, 0.6) is 11.5 Å². The number of carbonyl (C=O) groups excluding carboxylic acids is 1. The Balaban J connectivity index is 2.30. The molecular weight excluding hydrogens is 254 g/mol. The molecule has 1 aromatic carbocycles. The van der Waals surface area contributed by atoms with Crippen LogP contribution in [-0.4, -0.2) is 38.0 Å². The first kappa shape index (κ1) is 14.4. The number of hydrogen-bond donors (Lipinski definition) is 0. The van der Waals surface area contributed by atoms with Crippen molar-refractivity contribution in [3.8, 4) is 11.5 Å². The van der Waals surface area contributed by atoms with E-state index in [0.29, 0.717) is 30.1 Å². The number of piperidine rings is 1. The van der Waals surface area contributed by atoms with E-state index in [-0.39, 0.29) is 0 Å². The predicted octanol–water partition coefficient (Wildman–Crippen LogP) is 2.73. The van der Waals surface area contributed by atoms with Crippen LogP contribution < -0.4 is 9.47 Å². The van der Waals surface area contributed by atoms with Crippen molar-refractivity contribution in [2.45, 2.75) is 19.8 Å². The molecule has 108 valence electrons. The Labute approximate surface area is 120 Å². The number of carbonyl (C=O) groups is 1. The molecule has 1 aliphatic rings. The van der Waals surface area contributed by atoms with Crippen molar-refractivity contribution in [1.82, 2.24) is 4.90 Å². The van der Waals surface area contributed by atoms with Gasteiger partial charge in [-0.1, -0.05) is 6.07 Å². The summed E-state index contributed by atoms with van der Waals surface area (Å²) >= 11 is 0. The lowest BCUT2D eigenvalue weighted by Crippen LogP contribution is -2.31. The smallest absolute Gasteiger partial charge is 0.161 e. The predicted molar refractivity (Wildman–Crippen MR) is 79.0 cm³/mol. The molecule has 0 atom stereocenters. The average molecular weight is 275 g/mol. The van der Waals surface area contributed by atoms with Gasteiger partial charge < -0.3 is 14.4 Å². The van der Waals surface area contributed by atoms with Gasteiger partial charge in [-0.3, -0.25) is 4.79 Å². The standard InChI is InChI=1S/C16H21NO3/c1-4-17-8-7-14(18)11-13(17)9-12-5-6-15(19-2)16(10-12)20-3/h5-6,9-10H,4,7-8,11H2,1-3H3. The topological polar surface area (TPSA) is 38.8 Å². The van der Waals surface area contributed by atoms with Crippen molar-refractivity contribution < 1.29 is 14.3 Å². The number of nitrogens with zero attached hydrogens (tertiary/aromatic N) is 1. The Morgan fingerprint density at radius 3 is 2.65 bits per heavy atom. The fourth-order valence-electron chi connectivity index (χ4n) is 2.44. The number of likely N-dealkylation sites (tertiary alicyclic amines) is 1. The molecule has 0 N–H and O–H groups in total. The van der Waals surface area contributed by atoms with Gasteiger partial charge >= 0.3 is 0 Å². The molecule has 0 bridgehead atoms. The second kappa shape index (κ2) is 6.46. The van der Waals surface area contributed by atoms with Crippen LogP contribution in [0.4, 0.5) is 0 Å². The summed E-state index contributed by atoms with van der Waals surface area (Å²) < 4.78 is 10.5. The lowest BCUT2D eigenvalue weighted by Gasteiger charge is -2.30.